The highest BCUT2D eigenvalue weighted by Crippen LogP contribution is 2.58. The summed E-state index contributed by atoms with van der Waals surface area (Å²) >= 11 is 5.35. The number of hydrogen-bond donors (Lipinski definition) is 0. The molecule has 0 radical (unpaired) electrons. The molecular weight excluding hydrogens is 374 g/mol. The fourth-order valence-electron chi connectivity index (χ4n) is 3.17. The maximum atomic E-state index is 13.0. The molecule has 0 aromatic heterocycles. The van der Waals surface area contributed by atoms with Gasteiger partial charge in [-0.05, 0) is 25.3 Å². The van der Waals surface area contributed by atoms with Crippen molar-refractivity contribution in [3.8, 4) is 0 Å². The number of thioether (sulfide) groups is 1. The normalized spacial score (nSPS) is 26.5. The smallest absolute Gasteiger partial charge is 0.237 e. The molecule has 0 spiro atoms. The molecule has 0 bridgehead atoms. The van der Waals surface area contributed by atoms with E-state index in [-0.39, 0.29) is 21.2 Å². The lowest BCUT2D eigenvalue weighted by atomic mass is 9.71. The Morgan fingerprint density at radius 1 is 1.35 bits per heavy atom. The van der Waals surface area contributed by atoms with Crippen molar-refractivity contribution < 1.29 is 9.59 Å². The molecule has 126 valence electrons. The fraction of sp³-hybridized carbons (Fsp3) is 0.556. The van der Waals surface area contributed by atoms with Crippen molar-refractivity contribution in [1.82, 2.24) is 4.90 Å². The predicted octanol–water partition coefficient (Wildman–Crippen LogP) is 4.65. The minimum absolute atomic E-state index is 0.0150. The van der Waals surface area contributed by atoms with Crippen LogP contribution >= 0.6 is 27.7 Å². The number of halogens is 1. The third-order valence-corrected chi connectivity index (χ3v) is 7.32. The van der Waals surface area contributed by atoms with Crippen LogP contribution in [0.3, 0.4) is 0 Å². The van der Waals surface area contributed by atoms with Gasteiger partial charge in [0.25, 0.3) is 0 Å². The molecule has 0 aromatic carbocycles. The second-order valence-corrected chi connectivity index (χ2v) is 9.94. The highest BCUT2D eigenvalue weighted by atomic mass is 79.9. The monoisotopic (exact) mass is 397 g/mol. The minimum Gasteiger partial charge on any atom is -0.295 e. The number of alkyl halides is 1. The van der Waals surface area contributed by atoms with Gasteiger partial charge in [0.05, 0.1) is 20.6 Å². The molecule has 0 aromatic rings. The predicted molar refractivity (Wildman–Crippen MR) is 100 cm³/mol. The zero-order chi connectivity index (χ0) is 17.6. The van der Waals surface area contributed by atoms with E-state index in [1.54, 1.807) is 28.8 Å². The summed E-state index contributed by atoms with van der Waals surface area (Å²) in [5, 5.41) is -0.0552. The average molecular weight is 398 g/mol. The third-order valence-electron chi connectivity index (χ3n) is 4.47. The molecule has 2 rings (SSSR count). The van der Waals surface area contributed by atoms with E-state index in [1.807, 2.05) is 27.7 Å². The van der Waals surface area contributed by atoms with Crippen LogP contribution < -0.4 is 0 Å². The Hall–Kier alpha value is -0.810. The van der Waals surface area contributed by atoms with E-state index in [4.69, 9.17) is 0 Å². The van der Waals surface area contributed by atoms with E-state index in [2.05, 4.69) is 29.1 Å². The van der Waals surface area contributed by atoms with Crippen molar-refractivity contribution in [2.75, 3.05) is 0 Å². The van der Waals surface area contributed by atoms with Crippen LogP contribution in [0.5, 0.6) is 0 Å². The average Bonchev–Trinajstić information content (AvgIpc) is 2.47. The van der Waals surface area contributed by atoms with E-state index >= 15 is 0 Å². The number of fused-ring (bicyclic) bond motifs is 1. The molecule has 1 unspecified atom stereocenters. The van der Waals surface area contributed by atoms with E-state index < -0.39 is 10.8 Å². The highest BCUT2D eigenvalue weighted by molar-refractivity contribution is 9.11. The van der Waals surface area contributed by atoms with Crippen LogP contribution in [0.1, 0.15) is 40.5 Å². The lowest BCUT2D eigenvalue weighted by Crippen LogP contribution is -2.69. The van der Waals surface area contributed by atoms with Crippen molar-refractivity contribution >= 4 is 39.4 Å². The number of carbonyl (C=O) groups is 2. The number of β-lactam (4-membered cyclic amide) rings is 1. The van der Waals surface area contributed by atoms with Gasteiger partial charge in [-0.2, -0.15) is 0 Å². The largest absolute Gasteiger partial charge is 0.295 e. The first-order chi connectivity index (χ1) is 10.6. The minimum atomic E-state index is -0.524. The van der Waals surface area contributed by atoms with E-state index in [0.717, 1.165) is 5.57 Å². The van der Waals surface area contributed by atoms with Gasteiger partial charge in [0.2, 0.25) is 5.91 Å². The molecule has 2 atom stereocenters. The summed E-state index contributed by atoms with van der Waals surface area (Å²) < 4.78 is 0.0344. The molecule has 1 saturated heterocycles. The third kappa shape index (κ3) is 2.76. The molecule has 23 heavy (non-hydrogen) atoms. The van der Waals surface area contributed by atoms with Gasteiger partial charge in [0.15, 0.2) is 5.78 Å². The first-order valence-corrected chi connectivity index (χ1v) is 9.58. The van der Waals surface area contributed by atoms with Gasteiger partial charge in [-0.3, -0.25) is 14.5 Å². The summed E-state index contributed by atoms with van der Waals surface area (Å²) in [6, 6.07) is 0. The van der Waals surface area contributed by atoms with Crippen LogP contribution in [0.4, 0.5) is 0 Å². The van der Waals surface area contributed by atoms with Crippen molar-refractivity contribution in [3.05, 3.63) is 36.6 Å². The number of hydrogen-bond acceptors (Lipinski definition) is 3. The lowest BCUT2D eigenvalue weighted by Gasteiger charge is -2.59. The summed E-state index contributed by atoms with van der Waals surface area (Å²) in [6.07, 6.45) is 4.78. The Morgan fingerprint density at radius 2 is 1.87 bits per heavy atom. The second kappa shape index (κ2) is 6.25. The molecule has 0 saturated carbocycles. The van der Waals surface area contributed by atoms with E-state index in [1.165, 1.54) is 0 Å². The molecule has 5 heteroatoms. The topological polar surface area (TPSA) is 37.4 Å². The van der Waals surface area contributed by atoms with Crippen molar-refractivity contribution in [1.29, 1.82) is 0 Å². The van der Waals surface area contributed by atoms with Crippen LogP contribution in [0.15, 0.2) is 36.6 Å². The standard InChI is InChI=1S/C18H24BrNO2S/c1-7-9-18(10-8-2)15(22)20-12(13(21)17(4,5)6)11(3)14(19)23-16(18)20/h7-8,14,16H,1-2,9-10H2,3-6H3/t14?,16-/m1/s1. The van der Waals surface area contributed by atoms with Crippen LogP contribution in [0.2, 0.25) is 0 Å². The molecule has 2 heterocycles. The Labute approximate surface area is 151 Å². The van der Waals surface area contributed by atoms with Gasteiger partial charge >= 0.3 is 0 Å². The van der Waals surface area contributed by atoms with E-state index in [0.29, 0.717) is 18.5 Å². The fourth-order valence-corrected chi connectivity index (χ4v) is 5.42. The Kier molecular flexibility index (Phi) is 5.03. The van der Waals surface area contributed by atoms with Gasteiger partial charge in [-0.1, -0.05) is 48.9 Å². The molecule has 0 aliphatic carbocycles. The Balaban J connectivity index is 2.50. The van der Waals surface area contributed by atoms with Crippen molar-refractivity contribution in [2.24, 2.45) is 10.8 Å². The van der Waals surface area contributed by atoms with E-state index in [9.17, 15) is 9.59 Å². The summed E-state index contributed by atoms with van der Waals surface area (Å²) in [7, 11) is 0. The molecule has 1 fully saturated rings. The number of amides is 1. The number of nitrogens with zero attached hydrogens (tertiary/aromatic N) is 1. The number of ketones is 1. The second-order valence-electron chi connectivity index (χ2n) is 7.23. The number of Topliss-reactive ketones (excluding diaryl/α,β-unsaturated/α-hetero) is 1. The van der Waals surface area contributed by atoms with Gasteiger partial charge in [0, 0.05) is 5.41 Å². The lowest BCUT2D eigenvalue weighted by molar-refractivity contribution is -0.161. The van der Waals surface area contributed by atoms with Gasteiger partial charge < -0.3 is 0 Å². The molecule has 1 amide bonds. The summed E-state index contributed by atoms with van der Waals surface area (Å²) in [6.45, 7) is 15.2. The van der Waals surface area contributed by atoms with Gasteiger partial charge in [-0.15, -0.1) is 24.9 Å². The molecular formula is C18H24BrNO2S. The number of allylic oxidation sites excluding steroid dienone is 3. The van der Waals surface area contributed by atoms with Crippen LogP contribution in [0, 0.1) is 10.8 Å². The van der Waals surface area contributed by atoms with Gasteiger partial charge in [-0.25, -0.2) is 0 Å². The number of rotatable bonds is 5. The SMILES string of the molecule is C=CCC1(CC=C)C(=O)N2C(C(=O)C(C)(C)C)=C(C)C(Br)S[C@@H]21. The summed E-state index contributed by atoms with van der Waals surface area (Å²) in [5.41, 5.74) is 0.442. The molecule has 0 N–H and O–H groups in total. The van der Waals surface area contributed by atoms with Crippen LogP contribution in [-0.2, 0) is 9.59 Å². The Bertz CT molecular complexity index is 593. The van der Waals surface area contributed by atoms with Gasteiger partial charge in [0.1, 0.15) is 0 Å². The first-order valence-electron chi connectivity index (χ1n) is 7.72. The Morgan fingerprint density at radius 3 is 2.30 bits per heavy atom. The molecule has 3 nitrogen and oxygen atoms in total. The molecule has 2 aliphatic rings. The highest BCUT2D eigenvalue weighted by Gasteiger charge is 2.63. The maximum Gasteiger partial charge on any atom is 0.237 e. The van der Waals surface area contributed by atoms with Crippen LogP contribution in [-0.4, -0.2) is 26.1 Å². The van der Waals surface area contributed by atoms with Crippen molar-refractivity contribution in [3.63, 3.8) is 0 Å². The maximum absolute atomic E-state index is 13.0. The zero-order valence-corrected chi connectivity index (χ0v) is 16.6. The van der Waals surface area contributed by atoms with Crippen molar-refractivity contribution in [2.45, 2.75) is 50.1 Å². The number of carbonyl (C=O) groups excluding carboxylic acids is 2. The zero-order valence-electron chi connectivity index (χ0n) is 14.2. The summed E-state index contributed by atoms with van der Waals surface area (Å²) in [4.78, 5) is 27.6. The van der Waals surface area contributed by atoms with Crippen LogP contribution in [0.25, 0.3) is 0 Å². The quantitative estimate of drug-likeness (QED) is 0.384. The molecule has 2 aliphatic heterocycles. The first kappa shape index (κ1) is 18.5. The summed E-state index contributed by atoms with van der Waals surface area (Å²) in [5.74, 6) is 0.0325.